The molecule has 15 heavy (non-hydrogen) atoms. The van der Waals surface area contributed by atoms with Gasteiger partial charge >= 0.3 is 0 Å². The van der Waals surface area contributed by atoms with E-state index in [-0.39, 0.29) is 5.54 Å². The van der Waals surface area contributed by atoms with Crippen molar-refractivity contribution < 1.29 is 4.74 Å². The summed E-state index contributed by atoms with van der Waals surface area (Å²) in [5.74, 6) is 0. The second-order valence-corrected chi connectivity index (χ2v) is 4.99. The van der Waals surface area contributed by atoms with Gasteiger partial charge in [-0.1, -0.05) is 19.3 Å². The summed E-state index contributed by atoms with van der Waals surface area (Å²) in [5.41, 5.74) is 5.90. The molecule has 0 amide bonds. The van der Waals surface area contributed by atoms with Crippen LogP contribution in [-0.2, 0) is 4.74 Å². The quantitative estimate of drug-likeness (QED) is 0.707. The molecule has 3 N–H and O–H groups in total. The van der Waals surface area contributed by atoms with Crippen LogP contribution >= 0.6 is 0 Å². The van der Waals surface area contributed by atoms with Gasteiger partial charge in [0.05, 0.1) is 0 Å². The fourth-order valence-electron chi connectivity index (χ4n) is 2.30. The van der Waals surface area contributed by atoms with Gasteiger partial charge in [-0.25, -0.2) is 0 Å². The van der Waals surface area contributed by atoms with Gasteiger partial charge in [-0.15, -0.1) is 0 Å². The van der Waals surface area contributed by atoms with Crippen LogP contribution in [0.5, 0.6) is 0 Å². The van der Waals surface area contributed by atoms with Gasteiger partial charge in [0.25, 0.3) is 0 Å². The zero-order valence-electron chi connectivity index (χ0n) is 10.2. The summed E-state index contributed by atoms with van der Waals surface area (Å²) in [7, 11) is 1.75. The molecule has 90 valence electrons. The molecule has 0 heterocycles. The molecule has 1 unspecified atom stereocenters. The first kappa shape index (κ1) is 12.9. The second-order valence-electron chi connectivity index (χ2n) is 4.99. The van der Waals surface area contributed by atoms with Gasteiger partial charge in [-0.05, 0) is 26.2 Å². The minimum Gasteiger partial charge on any atom is -0.385 e. The molecule has 0 aromatic carbocycles. The van der Waals surface area contributed by atoms with E-state index in [4.69, 9.17) is 10.5 Å². The highest BCUT2D eigenvalue weighted by atomic mass is 16.5. The molecule has 0 spiro atoms. The molecule has 0 aromatic heterocycles. The summed E-state index contributed by atoms with van der Waals surface area (Å²) in [6.07, 6.45) is 7.74. The Balaban J connectivity index is 2.35. The highest BCUT2D eigenvalue weighted by Crippen LogP contribution is 2.20. The third-order valence-corrected chi connectivity index (χ3v) is 3.47. The van der Waals surface area contributed by atoms with Crippen LogP contribution in [0.15, 0.2) is 0 Å². The number of rotatable bonds is 6. The van der Waals surface area contributed by atoms with E-state index in [0.717, 1.165) is 13.0 Å². The monoisotopic (exact) mass is 214 g/mol. The smallest absolute Gasteiger partial charge is 0.0480 e. The van der Waals surface area contributed by atoms with Gasteiger partial charge in [0, 0.05) is 31.8 Å². The van der Waals surface area contributed by atoms with Crippen molar-refractivity contribution in [2.24, 2.45) is 5.73 Å². The Morgan fingerprint density at radius 3 is 2.53 bits per heavy atom. The molecule has 0 saturated heterocycles. The lowest BCUT2D eigenvalue weighted by Gasteiger charge is -2.36. The van der Waals surface area contributed by atoms with Crippen molar-refractivity contribution in [3.63, 3.8) is 0 Å². The molecule has 0 aromatic rings. The zero-order chi connectivity index (χ0) is 11.1. The first-order valence-electron chi connectivity index (χ1n) is 6.17. The topological polar surface area (TPSA) is 47.3 Å². The van der Waals surface area contributed by atoms with Crippen LogP contribution in [0.3, 0.4) is 0 Å². The first-order chi connectivity index (χ1) is 7.20. The average molecular weight is 214 g/mol. The number of methoxy groups -OCH3 is 1. The largest absolute Gasteiger partial charge is 0.385 e. The third-order valence-electron chi connectivity index (χ3n) is 3.47. The van der Waals surface area contributed by atoms with E-state index in [1.807, 2.05) is 0 Å². The van der Waals surface area contributed by atoms with Crippen molar-refractivity contribution in [2.75, 3.05) is 20.3 Å². The molecule has 1 aliphatic rings. The average Bonchev–Trinajstić information content (AvgIpc) is 2.28. The summed E-state index contributed by atoms with van der Waals surface area (Å²) in [5, 5.41) is 3.71. The van der Waals surface area contributed by atoms with Crippen molar-refractivity contribution >= 4 is 0 Å². The van der Waals surface area contributed by atoms with Gasteiger partial charge in [0.2, 0.25) is 0 Å². The Bertz CT molecular complexity index is 169. The van der Waals surface area contributed by atoms with E-state index in [1.165, 1.54) is 32.1 Å². The maximum atomic E-state index is 5.85. The molecular formula is C12H26N2O. The summed E-state index contributed by atoms with van der Waals surface area (Å²) >= 11 is 0. The Morgan fingerprint density at radius 2 is 2.00 bits per heavy atom. The van der Waals surface area contributed by atoms with Crippen LogP contribution in [0.2, 0.25) is 0 Å². The maximum Gasteiger partial charge on any atom is 0.0480 e. The first-order valence-corrected chi connectivity index (χ1v) is 6.17. The van der Waals surface area contributed by atoms with Crippen molar-refractivity contribution in [3.05, 3.63) is 0 Å². The van der Waals surface area contributed by atoms with Crippen LogP contribution in [-0.4, -0.2) is 31.8 Å². The molecule has 3 nitrogen and oxygen atoms in total. The molecule has 1 saturated carbocycles. The van der Waals surface area contributed by atoms with Crippen LogP contribution in [0.25, 0.3) is 0 Å². The molecule has 1 aliphatic carbocycles. The fraction of sp³-hybridized carbons (Fsp3) is 1.00. The van der Waals surface area contributed by atoms with Crippen molar-refractivity contribution in [1.29, 1.82) is 0 Å². The summed E-state index contributed by atoms with van der Waals surface area (Å²) in [6.45, 7) is 3.68. The Morgan fingerprint density at radius 1 is 1.33 bits per heavy atom. The summed E-state index contributed by atoms with van der Waals surface area (Å²) in [6, 6.07) is 0.671. The van der Waals surface area contributed by atoms with Crippen LogP contribution in [0.1, 0.15) is 45.4 Å². The molecular weight excluding hydrogens is 188 g/mol. The van der Waals surface area contributed by atoms with E-state index in [2.05, 4.69) is 12.2 Å². The standard InChI is InChI=1S/C12H26N2O/c1-12(10-13,8-9-15-2)14-11-6-4-3-5-7-11/h11,14H,3-10,13H2,1-2H3. The van der Waals surface area contributed by atoms with Crippen LogP contribution in [0.4, 0.5) is 0 Å². The number of ether oxygens (including phenoxy) is 1. The fourth-order valence-corrected chi connectivity index (χ4v) is 2.30. The summed E-state index contributed by atoms with van der Waals surface area (Å²) < 4.78 is 5.13. The lowest BCUT2D eigenvalue weighted by Crippen LogP contribution is -2.54. The molecule has 1 rings (SSSR count). The third kappa shape index (κ3) is 4.49. The minimum absolute atomic E-state index is 0.0536. The van der Waals surface area contributed by atoms with Crippen molar-refractivity contribution in [1.82, 2.24) is 5.32 Å². The maximum absolute atomic E-state index is 5.85. The normalized spacial score (nSPS) is 22.6. The van der Waals surface area contributed by atoms with Gasteiger partial charge in [-0.2, -0.15) is 0 Å². The number of hydrogen-bond acceptors (Lipinski definition) is 3. The van der Waals surface area contributed by atoms with Gasteiger partial charge in [0.15, 0.2) is 0 Å². The number of hydrogen-bond donors (Lipinski definition) is 2. The van der Waals surface area contributed by atoms with Gasteiger partial charge in [-0.3, -0.25) is 0 Å². The van der Waals surface area contributed by atoms with E-state index >= 15 is 0 Å². The van der Waals surface area contributed by atoms with Gasteiger partial charge < -0.3 is 15.8 Å². The Labute approximate surface area is 93.8 Å². The molecule has 0 radical (unpaired) electrons. The molecule has 0 aliphatic heterocycles. The highest BCUT2D eigenvalue weighted by molar-refractivity contribution is 4.88. The van der Waals surface area contributed by atoms with Crippen molar-refractivity contribution in [2.45, 2.75) is 57.0 Å². The van der Waals surface area contributed by atoms with E-state index in [1.54, 1.807) is 7.11 Å². The highest BCUT2D eigenvalue weighted by Gasteiger charge is 2.26. The van der Waals surface area contributed by atoms with Crippen molar-refractivity contribution in [3.8, 4) is 0 Å². The van der Waals surface area contributed by atoms with Crippen LogP contribution < -0.4 is 11.1 Å². The molecule has 1 atom stereocenters. The van der Waals surface area contributed by atoms with Gasteiger partial charge in [0.1, 0.15) is 0 Å². The van der Waals surface area contributed by atoms with E-state index in [0.29, 0.717) is 12.6 Å². The Hall–Kier alpha value is -0.120. The SMILES string of the molecule is COCCC(C)(CN)NC1CCCCC1. The summed E-state index contributed by atoms with van der Waals surface area (Å²) in [4.78, 5) is 0. The minimum atomic E-state index is 0.0536. The predicted octanol–water partition coefficient (Wildman–Crippen LogP) is 1.66. The predicted molar refractivity (Wildman–Crippen MR) is 64.0 cm³/mol. The molecule has 3 heteroatoms. The van der Waals surface area contributed by atoms with E-state index < -0.39 is 0 Å². The lowest BCUT2D eigenvalue weighted by atomic mass is 9.90. The molecule has 1 fully saturated rings. The Kier molecular flexibility index (Phi) is 5.58. The zero-order valence-corrected chi connectivity index (χ0v) is 10.2. The number of nitrogens with two attached hydrogens (primary N) is 1. The van der Waals surface area contributed by atoms with E-state index in [9.17, 15) is 0 Å². The molecule has 0 bridgehead atoms. The van der Waals surface area contributed by atoms with Crippen LogP contribution in [0, 0.1) is 0 Å². The number of nitrogens with one attached hydrogen (secondary N) is 1. The lowest BCUT2D eigenvalue weighted by molar-refractivity contribution is 0.151. The second kappa shape index (κ2) is 6.46.